The van der Waals surface area contributed by atoms with Crippen LogP contribution < -0.4 is 5.32 Å². The van der Waals surface area contributed by atoms with Gasteiger partial charge in [-0.25, -0.2) is 0 Å². The normalized spacial score (nSPS) is 11.7. The predicted molar refractivity (Wildman–Crippen MR) is 68.4 cm³/mol. The third kappa shape index (κ3) is 4.80. The third-order valence-corrected chi connectivity index (χ3v) is 3.25. The molecule has 6 heteroatoms. The van der Waals surface area contributed by atoms with E-state index in [0.717, 1.165) is 4.88 Å². The van der Waals surface area contributed by atoms with E-state index in [1.165, 1.54) is 17.4 Å². The van der Waals surface area contributed by atoms with Crippen molar-refractivity contribution in [1.82, 2.24) is 5.32 Å². The molecule has 0 radical (unpaired) electrons. The van der Waals surface area contributed by atoms with Crippen molar-refractivity contribution in [1.29, 1.82) is 0 Å². The van der Waals surface area contributed by atoms with Gasteiger partial charge in [-0.05, 0) is 26.8 Å². The summed E-state index contributed by atoms with van der Waals surface area (Å²) >= 11 is 1.20. The van der Waals surface area contributed by atoms with E-state index in [-0.39, 0.29) is 15.5 Å². The van der Waals surface area contributed by atoms with E-state index in [4.69, 9.17) is 4.74 Å². The second kappa shape index (κ2) is 6.09. The van der Waals surface area contributed by atoms with Crippen molar-refractivity contribution < 1.29 is 9.66 Å². The molecule has 0 fully saturated rings. The third-order valence-electron chi connectivity index (χ3n) is 2.21. The highest BCUT2D eigenvalue weighted by Gasteiger charge is 2.17. The highest BCUT2D eigenvalue weighted by atomic mass is 32.1. The zero-order chi connectivity index (χ0) is 12.9. The summed E-state index contributed by atoms with van der Waals surface area (Å²) in [5.41, 5.74) is -0.210. The van der Waals surface area contributed by atoms with Gasteiger partial charge in [0.25, 0.3) is 0 Å². The van der Waals surface area contributed by atoms with Crippen LogP contribution >= 0.6 is 11.3 Å². The molecule has 1 heterocycles. The first kappa shape index (κ1) is 14.1. The molecule has 96 valence electrons. The van der Waals surface area contributed by atoms with Crippen LogP contribution in [0.5, 0.6) is 0 Å². The predicted octanol–water partition coefficient (Wildman–Crippen LogP) is 2.56. The van der Waals surface area contributed by atoms with Crippen molar-refractivity contribution in [2.45, 2.75) is 32.9 Å². The standard InChI is InChI=1S/C11H18N2O3S/c1-4-16-11(2,3)8-12-7-9-5-6-10(17-9)13(14)15/h5-6,12H,4,7-8H2,1-3H3. The van der Waals surface area contributed by atoms with Crippen LogP contribution in [0.25, 0.3) is 0 Å². The molecule has 5 nitrogen and oxygen atoms in total. The lowest BCUT2D eigenvalue weighted by Gasteiger charge is -2.24. The molecule has 0 atom stereocenters. The molecule has 1 aromatic heterocycles. The summed E-state index contributed by atoms with van der Waals surface area (Å²) in [5, 5.41) is 13.9. The second-order valence-corrected chi connectivity index (χ2v) is 5.44. The van der Waals surface area contributed by atoms with Gasteiger partial charge in [-0.15, -0.1) is 0 Å². The van der Waals surface area contributed by atoms with Gasteiger partial charge >= 0.3 is 5.00 Å². The quantitative estimate of drug-likeness (QED) is 0.603. The molecule has 1 rings (SSSR count). The molecule has 0 amide bonds. The minimum Gasteiger partial charge on any atom is -0.375 e. The fourth-order valence-corrected chi connectivity index (χ4v) is 2.28. The number of thiophene rings is 1. The summed E-state index contributed by atoms with van der Waals surface area (Å²) in [4.78, 5) is 11.1. The molecule has 0 aliphatic heterocycles. The molecule has 1 N–H and O–H groups in total. The number of rotatable bonds is 7. The van der Waals surface area contributed by atoms with Crippen molar-refractivity contribution in [2.75, 3.05) is 13.2 Å². The zero-order valence-electron chi connectivity index (χ0n) is 10.4. The van der Waals surface area contributed by atoms with Crippen LogP contribution in [0, 0.1) is 10.1 Å². The van der Waals surface area contributed by atoms with Crippen LogP contribution in [-0.2, 0) is 11.3 Å². The Morgan fingerprint density at radius 3 is 2.76 bits per heavy atom. The Morgan fingerprint density at radius 1 is 1.53 bits per heavy atom. The van der Waals surface area contributed by atoms with E-state index in [0.29, 0.717) is 19.7 Å². The smallest absolute Gasteiger partial charge is 0.324 e. The molecule has 0 unspecified atom stereocenters. The van der Waals surface area contributed by atoms with Crippen LogP contribution in [0.15, 0.2) is 12.1 Å². The van der Waals surface area contributed by atoms with E-state index in [9.17, 15) is 10.1 Å². The average Bonchev–Trinajstić information content (AvgIpc) is 2.66. The van der Waals surface area contributed by atoms with E-state index in [1.54, 1.807) is 6.07 Å². The number of nitro groups is 1. The molecule has 0 aliphatic rings. The van der Waals surface area contributed by atoms with Crippen molar-refractivity contribution >= 4 is 16.3 Å². The van der Waals surface area contributed by atoms with Gasteiger partial charge in [0.2, 0.25) is 0 Å². The van der Waals surface area contributed by atoms with Crippen LogP contribution in [0.3, 0.4) is 0 Å². The summed E-state index contributed by atoms with van der Waals surface area (Å²) in [5.74, 6) is 0. The van der Waals surface area contributed by atoms with Crippen LogP contribution in [0.2, 0.25) is 0 Å². The van der Waals surface area contributed by atoms with Crippen molar-refractivity contribution in [3.05, 3.63) is 27.1 Å². The van der Waals surface area contributed by atoms with Gasteiger partial charge in [-0.2, -0.15) is 0 Å². The molecule has 0 aliphatic carbocycles. The number of nitrogens with zero attached hydrogens (tertiary/aromatic N) is 1. The number of nitrogens with one attached hydrogen (secondary N) is 1. The average molecular weight is 258 g/mol. The summed E-state index contributed by atoms with van der Waals surface area (Å²) in [7, 11) is 0. The van der Waals surface area contributed by atoms with Crippen LogP contribution in [0.1, 0.15) is 25.6 Å². The fourth-order valence-electron chi connectivity index (χ4n) is 1.49. The van der Waals surface area contributed by atoms with Crippen molar-refractivity contribution in [3.63, 3.8) is 0 Å². The SMILES string of the molecule is CCOC(C)(C)CNCc1ccc([N+](=O)[O-])s1. The number of hydrogen-bond donors (Lipinski definition) is 1. The first-order chi connectivity index (χ1) is 7.94. The largest absolute Gasteiger partial charge is 0.375 e. The summed E-state index contributed by atoms with van der Waals surface area (Å²) in [6.07, 6.45) is 0. The van der Waals surface area contributed by atoms with Gasteiger partial charge in [-0.3, -0.25) is 10.1 Å². The molecule has 17 heavy (non-hydrogen) atoms. The second-order valence-electron chi connectivity index (χ2n) is 4.29. The van der Waals surface area contributed by atoms with E-state index in [1.807, 2.05) is 20.8 Å². The maximum atomic E-state index is 10.5. The van der Waals surface area contributed by atoms with Crippen molar-refractivity contribution in [2.24, 2.45) is 0 Å². The van der Waals surface area contributed by atoms with Gasteiger partial charge in [0.15, 0.2) is 0 Å². The maximum absolute atomic E-state index is 10.5. The monoisotopic (exact) mass is 258 g/mol. The topological polar surface area (TPSA) is 64.4 Å². The molecule has 1 aromatic rings. The summed E-state index contributed by atoms with van der Waals surface area (Å²) < 4.78 is 5.54. The Kier molecular flexibility index (Phi) is 5.04. The van der Waals surface area contributed by atoms with Gasteiger partial charge in [-0.1, -0.05) is 11.3 Å². The van der Waals surface area contributed by atoms with Crippen LogP contribution in [-0.4, -0.2) is 23.7 Å². The lowest BCUT2D eigenvalue weighted by Crippen LogP contribution is -2.37. The molecule has 0 saturated carbocycles. The number of ether oxygens (including phenoxy) is 1. The molecule has 0 spiro atoms. The van der Waals surface area contributed by atoms with Crippen molar-refractivity contribution in [3.8, 4) is 0 Å². The first-order valence-electron chi connectivity index (χ1n) is 5.52. The number of hydrogen-bond acceptors (Lipinski definition) is 5. The Morgan fingerprint density at radius 2 is 2.24 bits per heavy atom. The lowest BCUT2D eigenvalue weighted by atomic mass is 10.1. The Balaban J connectivity index is 2.38. The first-order valence-corrected chi connectivity index (χ1v) is 6.34. The highest BCUT2D eigenvalue weighted by molar-refractivity contribution is 7.15. The van der Waals surface area contributed by atoms with E-state index in [2.05, 4.69) is 5.32 Å². The Labute approximate surface area is 105 Å². The zero-order valence-corrected chi connectivity index (χ0v) is 11.2. The van der Waals surface area contributed by atoms with E-state index < -0.39 is 0 Å². The van der Waals surface area contributed by atoms with Crippen LogP contribution in [0.4, 0.5) is 5.00 Å². The fraction of sp³-hybridized carbons (Fsp3) is 0.636. The molecular formula is C11H18N2O3S. The summed E-state index contributed by atoms with van der Waals surface area (Å²) in [6, 6.07) is 3.32. The lowest BCUT2D eigenvalue weighted by molar-refractivity contribution is -0.380. The molecule has 0 bridgehead atoms. The van der Waals surface area contributed by atoms with Gasteiger partial charge in [0.05, 0.1) is 10.5 Å². The van der Waals surface area contributed by atoms with E-state index >= 15 is 0 Å². The Hall–Kier alpha value is -0.980. The Bertz CT molecular complexity index is 377. The minimum absolute atomic E-state index is 0.186. The highest BCUT2D eigenvalue weighted by Crippen LogP contribution is 2.23. The molecule has 0 saturated heterocycles. The summed E-state index contributed by atoms with van der Waals surface area (Å²) in [6.45, 7) is 8.02. The van der Waals surface area contributed by atoms with Gasteiger partial charge in [0.1, 0.15) is 0 Å². The van der Waals surface area contributed by atoms with Gasteiger partial charge < -0.3 is 10.1 Å². The van der Waals surface area contributed by atoms with Gasteiger partial charge in [0, 0.05) is 30.6 Å². The molecule has 0 aromatic carbocycles. The maximum Gasteiger partial charge on any atom is 0.324 e. The molecular weight excluding hydrogens is 240 g/mol. The minimum atomic E-state index is -0.363.